The molecule has 0 spiro atoms. The van der Waals surface area contributed by atoms with E-state index in [9.17, 15) is 4.79 Å². The lowest BCUT2D eigenvalue weighted by atomic mass is 9.94. The molecular formula is C27H30Cl2N2O2S2. The van der Waals surface area contributed by atoms with Gasteiger partial charge in [0, 0.05) is 52.1 Å². The Labute approximate surface area is 227 Å². The summed E-state index contributed by atoms with van der Waals surface area (Å²) in [6.45, 7) is 6.32. The van der Waals surface area contributed by atoms with E-state index in [1.165, 1.54) is 18.2 Å². The number of benzene rings is 2. The zero-order chi connectivity index (χ0) is 24.9. The monoisotopic (exact) mass is 548 g/mol. The smallest absolute Gasteiger partial charge is 0.266 e. The predicted octanol–water partition coefficient (Wildman–Crippen LogP) is 7.95. The largest absolute Gasteiger partial charge is 0.488 e. The third-order valence-electron chi connectivity index (χ3n) is 6.57. The Morgan fingerprint density at radius 1 is 1.11 bits per heavy atom. The van der Waals surface area contributed by atoms with Crippen molar-refractivity contribution in [3.63, 3.8) is 0 Å². The van der Waals surface area contributed by atoms with Crippen molar-refractivity contribution < 1.29 is 9.53 Å². The van der Waals surface area contributed by atoms with Crippen LogP contribution < -0.4 is 9.64 Å². The molecule has 186 valence electrons. The highest BCUT2D eigenvalue weighted by atomic mass is 35.5. The van der Waals surface area contributed by atoms with Crippen LogP contribution in [0.2, 0.25) is 10.0 Å². The van der Waals surface area contributed by atoms with E-state index in [2.05, 4.69) is 24.8 Å². The first-order valence-corrected chi connectivity index (χ1v) is 14.1. The number of carbonyl (C=O) groups excluding carboxylic acids is 1. The van der Waals surface area contributed by atoms with Crippen LogP contribution in [0.5, 0.6) is 5.75 Å². The Hall–Kier alpha value is -1.73. The second-order valence-corrected chi connectivity index (χ2v) is 11.3. The molecular weight excluding hydrogens is 519 g/mol. The van der Waals surface area contributed by atoms with Gasteiger partial charge in [0.25, 0.3) is 5.91 Å². The Kier molecular flexibility index (Phi) is 9.03. The molecule has 0 atom stereocenters. The van der Waals surface area contributed by atoms with Crippen LogP contribution in [-0.4, -0.2) is 34.3 Å². The summed E-state index contributed by atoms with van der Waals surface area (Å²) in [5.74, 6) is 0.703. The Morgan fingerprint density at radius 2 is 1.86 bits per heavy atom. The zero-order valence-electron chi connectivity index (χ0n) is 20.1. The molecule has 2 aromatic rings. The standard InChI is InChI=1S/C27H30Cl2N2O2S2/c1-3-30(4-2)22-13-11-18(24(16-22)33-17-19-10-12-20(28)15-23(19)29)14-25-26(32)31(27(34)35-25)21-8-6-5-7-9-21/h10-16,21H,3-9,17H2,1-2H3/b25-14-. The number of carbonyl (C=O) groups is 1. The van der Waals surface area contributed by atoms with Crippen molar-refractivity contribution in [2.75, 3.05) is 18.0 Å². The minimum absolute atomic E-state index is 0.00594. The molecule has 1 saturated carbocycles. The summed E-state index contributed by atoms with van der Waals surface area (Å²) in [5, 5.41) is 1.15. The highest BCUT2D eigenvalue weighted by molar-refractivity contribution is 8.26. The van der Waals surface area contributed by atoms with Crippen LogP contribution in [0.25, 0.3) is 6.08 Å². The lowest BCUT2D eigenvalue weighted by molar-refractivity contribution is -0.124. The van der Waals surface area contributed by atoms with Crippen molar-refractivity contribution >= 4 is 69.2 Å². The van der Waals surface area contributed by atoms with Crippen LogP contribution in [-0.2, 0) is 11.4 Å². The van der Waals surface area contributed by atoms with Gasteiger partial charge in [0.1, 0.15) is 16.7 Å². The number of ether oxygens (including phenoxy) is 1. The summed E-state index contributed by atoms with van der Waals surface area (Å²) in [6, 6.07) is 11.7. The lowest BCUT2D eigenvalue weighted by Crippen LogP contribution is -2.39. The van der Waals surface area contributed by atoms with Gasteiger partial charge in [-0.3, -0.25) is 9.69 Å². The summed E-state index contributed by atoms with van der Waals surface area (Å²) < 4.78 is 6.93. The molecule has 2 aromatic carbocycles. The Bertz CT molecular complexity index is 1130. The summed E-state index contributed by atoms with van der Waals surface area (Å²) in [7, 11) is 0. The molecule has 2 fully saturated rings. The molecule has 2 aliphatic rings. The van der Waals surface area contributed by atoms with E-state index in [0.717, 1.165) is 55.6 Å². The summed E-state index contributed by atoms with van der Waals surface area (Å²) >= 11 is 19.4. The van der Waals surface area contributed by atoms with Gasteiger partial charge >= 0.3 is 0 Å². The van der Waals surface area contributed by atoms with Gasteiger partial charge in [-0.15, -0.1) is 0 Å². The molecule has 0 radical (unpaired) electrons. The maximum Gasteiger partial charge on any atom is 0.266 e. The first kappa shape index (κ1) is 26.3. The molecule has 0 N–H and O–H groups in total. The quantitative estimate of drug-likeness (QED) is 0.247. The summed E-state index contributed by atoms with van der Waals surface area (Å²) in [6.07, 6.45) is 7.49. The van der Waals surface area contributed by atoms with Crippen molar-refractivity contribution in [1.82, 2.24) is 4.90 Å². The van der Waals surface area contributed by atoms with Crippen LogP contribution >= 0.6 is 47.2 Å². The van der Waals surface area contributed by atoms with Gasteiger partial charge in [0.05, 0.1) is 4.91 Å². The van der Waals surface area contributed by atoms with E-state index in [1.54, 1.807) is 12.1 Å². The third-order valence-corrected chi connectivity index (χ3v) is 8.49. The first-order valence-electron chi connectivity index (χ1n) is 12.1. The van der Waals surface area contributed by atoms with Crippen LogP contribution in [0.15, 0.2) is 41.3 Å². The molecule has 0 aromatic heterocycles. The van der Waals surface area contributed by atoms with Gasteiger partial charge in [-0.2, -0.15) is 0 Å². The minimum atomic E-state index is 0.00594. The van der Waals surface area contributed by atoms with Gasteiger partial charge in [0.2, 0.25) is 0 Å². The zero-order valence-corrected chi connectivity index (χ0v) is 23.2. The van der Waals surface area contributed by atoms with Crippen molar-refractivity contribution in [2.24, 2.45) is 0 Å². The SMILES string of the molecule is CCN(CC)c1ccc(/C=C2\SC(=S)N(C3CCCCC3)C2=O)c(OCc2ccc(Cl)cc2Cl)c1. The van der Waals surface area contributed by atoms with Crippen molar-refractivity contribution in [1.29, 1.82) is 0 Å². The molecule has 1 amide bonds. The second-order valence-electron chi connectivity index (χ2n) is 8.76. The van der Waals surface area contributed by atoms with Crippen LogP contribution in [0.3, 0.4) is 0 Å². The topological polar surface area (TPSA) is 32.8 Å². The van der Waals surface area contributed by atoms with Crippen molar-refractivity contribution in [3.05, 3.63) is 62.5 Å². The first-order chi connectivity index (χ1) is 16.9. The van der Waals surface area contributed by atoms with E-state index in [-0.39, 0.29) is 11.9 Å². The number of nitrogens with zero attached hydrogens (tertiary/aromatic N) is 2. The fourth-order valence-corrected chi connectivity index (χ4v) is 6.48. The maximum atomic E-state index is 13.3. The second kappa shape index (κ2) is 12.0. The molecule has 1 heterocycles. The molecule has 0 bridgehead atoms. The molecule has 1 saturated heterocycles. The minimum Gasteiger partial charge on any atom is -0.488 e. The van der Waals surface area contributed by atoms with Gasteiger partial charge in [-0.25, -0.2) is 0 Å². The van der Waals surface area contributed by atoms with Crippen molar-refractivity contribution in [3.8, 4) is 5.75 Å². The van der Waals surface area contributed by atoms with Gasteiger partial charge < -0.3 is 9.64 Å². The van der Waals surface area contributed by atoms with E-state index < -0.39 is 0 Å². The van der Waals surface area contributed by atoms with Gasteiger partial charge in [0.15, 0.2) is 0 Å². The van der Waals surface area contributed by atoms with Gasteiger partial charge in [-0.1, -0.05) is 72.5 Å². The number of halogens is 2. The van der Waals surface area contributed by atoms with E-state index >= 15 is 0 Å². The highest BCUT2D eigenvalue weighted by Crippen LogP contribution is 2.39. The molecule has 1 aliphatic heterocycles. The number of amides is 1. The third kappa shape index (κ3) is 6.16. The number of thiocarbonyl (C=S) groups is 1. The molecule has 0 unspecified atom stereocenters. The average molecular weight is 550 g/mol. The number of hydrogen-bond donors (Lipinski definition) is 0. The van der Waals surface area contributed by atoms with Crippen LogP contribution in [0.4, 0.5) is 5.69 Å². The predicted molar refractivity (Wildman–Crippen MR) is 153 cm³/mol. The molecule has 8 heteroatoms. The maximum absolute atomic E-state index is 13.3. The normalized spacial score (nSPS) is 17.9. The fraction of sp³-hybridized carbons (Fsp3) is 0.407. The number of hydrogen-bond acceptors (Lipinski definition) is 5. The summed E-state index contributed by atoms with van der Waals surface area (Å²) in [5.41, 5.74) is 2.76. The van der Waals surface area contributed by atoms with E-state index in [0.29, 0.717) is 31.6 Å². The van der Waals surface area contributed by atoms with Crippen LogP contribution in [0.1, 0.15) is 57.1 Å². The number of anilines is 1. The molecule has 4 nitrogen and oxygen atoms in total. The summed E-state index contributed by atoms with van der Waals surface area (Å²) in [4.78, 5) is 18.1. The lowest BCUT2D eigenvalue weighted by Gasteiger charge is -2.29. The van der Waals surface area contributed by atoms with Crippen LogP contribution in [0, 0.1) is 0 Å². The van der Waals surface area contributed by atoms with Crippen molar-refractivity contribution in [2.45, 2.75) is 58.6 Å². The van der Waals surface area contributed by atoms with Gasteiger partial charge in [-0.05, 0) is 57.0 Å². The number of thioether (sulfide) groups is 1. The molecule has 35 heavy (non-hydrogen) atoms. The number of rotatable bonds is 8. The fourth-order valence-electron chi connectivity index (χ4n) is 4.62. The Balaban J connectivity index is 1.63. The van der Waals surface area contributed by atoms with E-state index in [4.69, 9.17) is 40.2 Å². The molecule has 4 rings (SSSR count). The van der Waals surface area contributed by atoms with E-state index in [1.807, 2.05) is 29.2 Å². The average Bonchev–Trinajstić information content (AvgIpc) is 3.13. The molecule has 1 aliphatic carbocycles. The highest BCUT2D eigenvalue weighted by Gasteiger charge is 2.37. The Morgan fingerprint density at radius 3 is 2.54 bits per heavy atom.